The summed E-state index contributed by atoms with van der Waals surface area (Å²) in [6.07, 6.45) is 2.40. The van der Waals surface area contributed by atoms with Crippen LogP contribution in [0.2, 0.25) is 0 Å². The molecule has 0 aliphatic carbocycles. The van der Waals surface area contributed by atoms with E-state index in [1.165, 1.54) is 5.56 Å². The molecular weight excluding hydrogens is 362 g/mol. The fourth-order valence-corrected chi connectivity index (χ4v) is 4.11. The standard InChI is InChI=1S/C24H27N3O2/c1-16-7-4-8-19(13-16)22-10-5-11-23(25-22)20-9-6-12-27(15-20)24(28)14-21-17(2)26-29-18(21)3/h4-5,7-8,10-11,13,20H,6,9,12,14-15H2,1-3H3/t20-/m0/s1. The van der Waals surface area contributed by atoms with Gasteiger partial charge in [-0.2, -0.15) is 0 Å². The van der Waals surface area contributed by atoms with Gasteiger partial charge in [0.05, 0.1) is 17.8 Å². The largest absolute Gasteiger partial charge is 0.361 e. The van der Waals surface area contributed by atoms with Gasteiger partial charge in [-0.3, -0.25) is 9.78 Å². The number of benzene rings is 1. The number of hydrogen-bond acceptors (Lipinski definition) is 4. The normalized spacial score (nSPS) is 16.8. The Bertz CT molecular complexity index is 1000. The zero-order valence-corrected chi connectivity index (χ0v) is 17.3. The number of piperidine rings is 1. The monoisotopic (exact) mass is 389 g/mol. The molecule has 0 bridgehead atoms. The van der Waals surface area contributed by atoms with Gasteiger partial charge < -0.3 is 9.42 Å². The van der Waals surface area contributed by atoms with E-state index in [1.54, 1.807) is 0 Å². The van der Waals surface area contributed by atoms with Crippen molar-refractivity contribution >= 4 is 5.91 Å². The van der Waals surface area contributed by atoms with Gasteiger partial charge in [0.2, 0.25) is 5.91 Å². The van der Waals surface area contributed by atoms with Crippen molar-refractivity contribution < 1.29 is 9.32 Å². The molecule has 3 heterocycles. The Morgan fingerprint density at radius 2 is 2.00 bits per heavy atom. The van der Waals surface area contributed by atoms with Gasteiger partial charge >= 0.3 is 0 Å². The molecule has 1 saturated heterocycles. The highest BCUT2D eigenvalue weighted by atomic mass is 16.5. The second-order valence-electron chi connectivity index (χ2n) is 7.98. The lowest BCUT2D eigenvalue weighted by molar-refractivity contribution is -0.131. The van der Waals surface area contributed by atoms with Crippen LogP contribution in [0.4, 0.5) is 0 Å². The lowest BCUT2D eigenvalue weighted by atomic mass is 9.93. The van der Waals surface area contributed by atoms with Crippen LogP contribution in [0.3, 0.4) is 0 Å². The molecule has 1 atom stereocenters. The predicted molar refractivity (Wildman–Crippen MR) is 113 cm³/mol. The third kappa shape index (κ3) is 4.24. The van der Waals surface area contributed by atoms with Gasteiger partial charge in [0, 0.05) is 35.8 Å². The first kappa shape index (κ1) is 19.4. The molecule has 29 heavy (non-hydrogen) atoms. The summed E-state index contributed by atoms with van der Waals surface area (Å²) in [5.74, 6) is 1.14. The van der Waals surface area contributed by atoms with Crippen LogP contribution in [-0.4, -0.2) is 34.0 Å². The maximum Gasteiger partial charge on any atom is 0.227 e. The van der Waals surface area contributed by atoms with Crippen LogP contribution in [-0.2, 0) is 11.2 Å². The number of rotatable bonds is 4. The van der Waals surface area contributed by atoms with Crippen molar-refractivity contribution in [2.75, 3.05) is 13.1 Å². The van der Waals surface area contributed by atoms with Gasteiger partial charge in [0.1, 0.15) is 5.76 Å². The van der Waals surface area contributed by atoms with Crippen LogP contribution in [0.1, 0.15) is 47.0 Å². The van der Waals surface area contributed by atoms with Gasteiger partial charge in [0.25, 0.3) is 0 Å². The Balaban J connectivity index is 1.50. The Labute approximate surface area is 171 Å². The zero-order valence-electron chi connectivity index (χ0n) is 17.3. The molecule has 1 aliphatic rings. The summed E-state index contributed by atoms with van der Waals surface area (Å²) in [7, 11) is 0. The Kier molecular flexibility index (Phi) is 5.47. The molecule has 1 fully saturated rings. The number of hydrogen-bond donors (Lipinski definition) is 0. The second-order valence-corrected chi connectivity index (χ2v) is 7.98. The Morgan fingerprint density at radius 3 is 2.76 bits per heavy atom. The van der Waals surface area contributed by atoms with E-state index in [4.69, 9.17) is 9.51 Å². The molecule has 1 aromatic carbocycles. The van der Waals surface area contributed by atoms with Crippen LogP contribution in [0.15, 0.2) is 47.0 Å². The molecule has 0 N–H and O–H groups in total. The van der Waals surface area contributed by atoms with Crippen LogP contribution >= 0.6 is 0 Å². The van der Waals surface area contributed by atoms with Crippen LogP contribution < -0.4 is 0 Å². The van der Waals surface area contributed by atoms with Crippen molar-refractivity contribution in [1.82, 2.24) is 15.0 Å². The number of carbonyl (C=O) groups is 1. The SMILES string of the molecule is Cc1cccc(-c2cccc([C@H]3CCCN(C(=O)Cc4c(C)noc4C)C3)n2)c1. The summed E-state index contributed by atoms with van der Waals surface area (Å²) >= 11 is 0. The number of aromatic nitrogens is 2. The highest BCUT2D eigenvalue weighted by Crippen LogP contribution is 2.28. The predicted octanol–water partition coefficient (Wildman–Crippen LogP) is 4.61. The van der Waals surface area contributed by atoms with Crippen molar-refractivity contribution in [3.8, 4) is 11.3 Å². The van der Waals surface area contributed by atoms with Crippen LogP contribution in [0.25, 0.3) is 11.3 Å². The summed E-state index contributed by atoms with van der Waals surface area (Å²) < 4.78 is 5.21. The summed E-state index contributed by atoms with van der Waals surface area (Å²) in [4.78, 5) is 19.8. The smallest absolute Gasteiger partial charge is 0.227 e. The number of pyridine rings is 1. The second kappa shape index (κ2) is 8.19. The number of carbonyl (C=O) groups excluding carboxylic acids is 1. The molecule has 3 aromatic rings. The minimum atomic E-state index is 0.138. The molecule has 2 aromatic heterocycles. The van der Waals surface area contributed by atoms with Crippen molar-refractivity contribution in [3.05, 3.63) is 70.7 Å². The average molecular weight is 389 g/mol. The molecule has 0 radical (unpaired) electrons. The van der Waals surface area contributed by atoms with E-state index in [1.807, 2.05) is 18.7 Å². The van der Waals surface area contributed by atoms with Crippen molar-refractivity contribution in [1.29, 1.82) is 0 Å². The first-order chi connectivity index (χ1) is 14.0. The molecule has 0 unspecified atom stereocenters. The van der Waals surface area contributed by atoms with Gasteiger partial charge in [0.15, 0.2) is 0 Å². The molecule has 0 spiro atoms. The maximum absolute atomic E-state index is 12.9. The minimum Gasteiger partial charge on any atom is -0.361 e. The number of amides is 1. The summed E-state index contributed by atoms with van der Waals surface area (Å²) in [5.41, 5.74) is 6.13. The molecule has 1 amide bonds. The highest BCUT2D eigenvalue weighted by molar-refractivity contribution is 5.79. The minimum absolute atomic E-state index is 0.138. The number of aryl methyl sites for hydroxylation is 3. The van der Waals surface area contributed by atoms with Gasteiger partial charge in [-0.05, 0) is 51.8 Å². The molecule has 5 nitrogen and oxygen atoms in total. The van der Waals surface area contributed by atoms with Crippen LogP contribution in [0.5, 0.6) is 0 Å². The topological polar surface area (TPSA) is 59.2 Å². The molecular formula is C24H27N3O2. The number of nitrogens with zero attached hydrogens (tertiary/aromatic N) is 3. The van der Waals surface area contributed by atoms with Crippen LogP contribution in [0, 0.1) is 20.8 Å². The first-order valence-electron chi connectivity index (χ1n) is 10.2. The van der Waals surface area contributed by atoms with E-state index < -0.39 is 0 Å². The fraction of sp³-hybridized carbons (Fsp3) is 0.375. The van der Waals surface area contributed by atoms with E-state index in [0.717, 1.165) is 53.4 Å². The maximum atomic E-state index is 12.9. The molecule has 1 aliphatic heterocycles. The number of likely N-dealkylation sites (tertiary alicyclic amines) is 1. The van der Waals surface area contributed by atoms with Crippen molar-refractivity contribution in [2.45, 2.75) is 46.0 Å². The average Bonchev–Trinajstić information content (AvgIpc) is 3.06. The van der Waals surface area contributed by atoms with E-state index in [2.05, 4.69) is 54.5 Å². The lowest BCUT2D eigenvalue weighted by Crippen LogP contribution is -2.40. The first-order valence-corrected chi connectivity index (χ1v) is 10.2. The summed E-state index contributed by atoms with van der Waals surface area (Å²) in [5, 5.41) is 3.97. The van der Waals surface area contributed by atoms with Crippen molar-refractivity contribution in [2.24, 2.45) is 0 Å². The summed E-state index contributed by atoms with van der Waals surface area (Å²) in [6.45, 7) is 7.36. The van der Waals surface area contributed by atoms with Gasteiger partial charge in [-0.25, -0.2) is 0 Å². The quantitative estimate of drug-likeness (QED) is 0.654. The van der Waals surface area contributed by atoms with E-state index in [0.29, 0.717) is 13.0 Å². The summed E-state index contributed by atoms with van der Waals surface area (Å²) in [6, 6.07) is 14.6. The van der Waals surface area contributed by atoms with Crippen molar-refractivity contribution in [3.63, 3.8) is 0 Å². The lowest BCUT2D eigenvalue weighted by Gasteiger charge is -2.32. The van der Waals surface area contributed by atoms with E-state index >= 15 is 0 Å². The van der Waals surface area contributed by atoms with E-state index in [-0.39, 0.29) is 11.8 Å². The van der Waals surface area contributed by atoms with Gasteiger partial charge in [-0.1, -0.05) is 35.0 Å². The third-order valence-electron chi connectivity index (χ3n) is 5.79. The fourth-order valence-electron chi connectivity index (χ4n) is 4.11. The highest BCUT2D eigenvalue weighted by Gasteiger charge is 2.27. The zero-order chi connectivity index (χ0) is 20.4. The molecule has 0 saturated carbocycles. The van der Waals surface area contributed by atoms with Gasteiger partial charge in [-0.15, -0.1) is 0 Å². The molecule has 5 heteroatoms. The third-order valence-corrected chi connectivity index (χ3v) is 5.79. The Morgan fingerprint density at radius 1 is 1.17 bits per heavy atom. The molecule has 4 rings (SSSR count). The van der Waals surface area contributed by atoms with E-state index in [9.17, 15) is 4.79 Å². The Hall–Kier alpha value is -2.95. The molecule has 150 valence electrons.